The fourth-order valence-electron chi connectivity index (χ4n) is 2.28. The number of hydrogen-bond donors (Lipinski definition) is 0. The van der Waals surface area contributed by atoms with E-state index in [0.717, 1.165) is 38.7 Å². The molecule has 0 aliphatic rings. The summed E-state index contributed by atoms with van der Waals surface area (Å²) < 4.78 is 0.757. The van der Waals surface area contributed by atoms with E-state index >= 15 is 0 Å². The van der Waals surface area contributed by atoms with Crippen molar-refractivity contribution >= 4 is 38.4 Å². The van der Waals surface area contributed by atoms with Crippen LogP contribution in [0.3, 0.4) is 0 Å². The first-order chi connectivity index (χ1) is 10.1. The second-order valence-corrected chi connectivity index (χ2v) is 5.94. The van der Waals surface area contributed by atoms with Gasteiger partial charge in [0.1, 0.15) is 10.8 Å². The van der Waals surface area contributed by atoms with E-state index in [2.05, 4.69) is 43.9 Å². The summed E-state index contributed by atoms with van der Waals surface area (Å²) in [6.07, 6.45) is 0.780. The van der Waals surface area contributed by atoms with Gasteiger partial charge in [0.2, 0.25) is 0 Å². The van der Waals surface area contributed by atoms with Crippen molar-refractivity contribution in [1.29, 1.82) is 0 Å². The van der Waals surface area contributed by atoms with Gasteiger partial charge in [-0.1, -0.05) is 36.7 Å². The van der Waals surface area contributed by atoms with Gasteiger partial charge >= 0.3 is 0 Å². The van der Waals surface area contributed by atoms with Gasteiger partial charge in [0.05, 0.1) is 15.7 Å². The summed E-state index contributed by atoms with van der Waals surface area (Å²) in [6.45, 7) is 4.10. The summed E-state index contributed by atoms with van der Waals surface area (Å²) >= 11 is 9.60. The zero-order valence-corrected chi connectivity index (χ0v) is 14.0. The summed E-state index contributed by atoms with van der Waals surface area (Å²) in [5, 5.41) is 1.56. The van der Waals surface area contributed by atoms with E-state index in [1.165, 1.54) is 0 Å². The molecule has 3 aromatic rings. The molecule has 0 spiro atoms. The third-order valence-corrected chi connectivity index (χ3v) is 4.70. The van der Waals surface area contributed by atoms with Crippen molar-refractivity contribution in [3.05, 3.63) is 51.2 Å². The summed E-state index contributed by atoms with van der Waals surface area (Å²) in [7, 11) is 0. The SMILES string of the molecule is CCc1nc(-c2cc(C)c3ccccc3n2)nc(Cl)c1Br. The molecule has 0 atom stereocenters. The Morgan fingerprint density at radius 3 is 2.67 bits per heavy atom. The van der Waals surface area contributed by atoms with Gasteiger partial charge in [0, 0.05) is 5.39 Å². The van der Waals surface area contributed by atoms with Crippen molar-refractivity contribution in [3.8, 4) is 11.5 Å². The highest BCUT2D eigenvalue weighted by molar-refractivity contribution is 9.10. The van der Waals surface area contributed by atoms with E-state index in [1.54, 1.807) is 0 Å². The van der Waals surface area contributed by atoms with E-state index in [9.17, 15) is 0 Å². The first-order valence-electron chi connectivity index (χ1n) is 6.68. The van der Waals surface area contributed by atoms with Gasteiger partial charge in [-0.25, -0.2) is 15.0 Å². The zero-order valence-electron chi connectivity index (χ0n) is 11.7. The highest BCUT2D eigenvalue weighted by Crippen LogP contribution is 2.28. The van der Waals surface area contributed by atoms with Crippen LogP contribution < -0.4 is 0 Å². The molecule has 0 saturated carbocycles. The molecule has 0 bridgehead atoms. The molecule has 0 radical (unpaired) electrons. The van der Waals surface area contributed by atoms with Crippen molar-refractivity contribution in [1.82, 2.24) is 15.0 Å². The quantitative estimate of drug-likeness (QED) is 0.604. The third kappa shape index (κ3) is 2.65. The van der Waals surface area contributed by atoms with E-state index in [0.29, 0.717) is 11.0 Å². The van der Waals surface area contributed by atoms with Crippen molar-refractivity contribution in [3.63, 3.8) is 0 Å². The van der Waals surface area contributed by atoms with Crippen LogP contribution in [0.25, 0.3) is 22.4 Å². The Bertz CT molecular complexity index is 833. The molecule has 2 aromatic heterocycles. The third-order valence-electron chi connectivity index (χ3n) is 3.37. The predicted molar refractivity (Wildman–Crippen MR) is 89.6 cm³/mol. The molecule has 3 rings (SSSR count). The van der Waals surface area contributed by atoms with E-state index in [1.807, 2.05) is 31.2 Å². The number of aryl methyl sites for hydroxylation is 2. The fourth-order valence-corrected chi connectivity index (χ4v) is 2.92. The molecule has 0 aliphatic carbocycles. The van der Waals surface area contributed by atoms with Gasteiger partial charge in [0.25, 0.3) is 0 Å². The van der Waals surface area contributed by atoms with Gasteiger partial charge in [-0.3, -0.25) is 0 Å². The minimum Gasteiger partial charge on any atom is -0.244 e. The van der Waals surface area contributed by atoms with Gasteiger partial charge in [0.15, 0.2) is 5.82 Å². The lowest BCUT2D eigenvalue weighted by atomic mass is 10.1. The van der Waals surface area contributed by atoms with E-state index in [4.69, 9.17) is 11.6 Å². The lowest BCUT2D eigenvalue weighted by Gasteiger charge is -2.08. The number of fused-ring (bicyclic) bond motifs is 1. The van der Waals surface area contributed by atoms with Crippen LogP contribution in [0.5, 0.6) is 0 Å². The van der Waals surface area contributed by atoms with Crippen LogP contribution in [0.4, 0.5) is 0 Å². The lowest BCUT2D eigenvalue weighted by molar-refractivity contribution is 0.985. The molecule has 106 valence electrons. The largest absolute Gasteiger partial charge is 0.244 e. The molecule has 21 heavy (non-hydrogen) atoms. The molecular formula is C16H13BrClN3. The van der Waals surface area contributed by atoms with Crippen LogP contribution in [-0.4, -0.2) is 15.0 Å². The minimum absolute atomic E-state index is 0.421. The van der Waals surface area contributed by atoms with Crippen molar-refractivity contribution < 1.29 is 0 Å². The molecule has 0 saturated heterocycles. The lowest BCUT2D eigenvalue weighted by Crippen LogP contribution is -1.99. The minimum atomic E-state index is 0.421. The molecule has 0 aliphatic heterocycles. The van der Waals surface area contributed by atoms with Crippen LogP contribution in [0, 0.1) is 6.92 Å². The number of benzene rings is 1. The predicted octanol–water partition coefficient (Wildman–Crippen LogP) is 4.98. The van der Waals surface area contributed by atoms with Crippen molar-refractivity contribution in [2.45, 2.75) is 20.3 Å². The monoisotopic (exact) mass is 361 g/mol. The first-order valence-corrected chi connectivity index (χ1v) is 7.86. The summed E-state index contributed by atoms with van der Waals surface area (Å²) in [5.74, 6) is 0.564. The highest BCUT2D eigenvalue weighted by atomic mass is 79.9. The molecular weight excluding hydrogens is 350 g/mol. The maximum atomic E-state index is 6.18. The van der Waals surface area contributed by atoms with Crippen LogP contribution in [0.15, 0.2) is 34.8 Å². The molecule has 0 N–H and O–H groups in total. The fraction of sp³-hybridized carbons (Fsp3) is 0.188. The molecule has 2 heterocycles. The highest BCUT2D eigenvalue weighted by Gasteiger charge is 2.13. The number of halogens is 2. The van der Waals surface area contributed by atoms with Crippen LogP contribution in [0.1, 0.15) is 18.2 Å². The summed E-state index contributed by atoms with van der Waals surface area (Å²) in [6, 6.07) is 10.0. The van der Waals surface area contributed by atoms with Crippen LogP contribution >= 0.6 is 27.5 Å². The van der Waals surface area contributed by atoms with Gasteiger partial charge in [-0.2, -0.15) is 0 Å². The smallest absolute Gasteiger partial charge is 0.179 e. The molecule has 3 nitrogen and oxygen atoms in total. The normalized spacial score (nSPS) is 11.0. The summed E-state index contributed by atoms with van der Waals surface area (Å²) in [4.78, 5) is 13.6. The maximum Gasteiger partial charge on any atom is 0.179 e. The Labute approximate surface area is 136 Å². The number of nitrogens with zero attached hydrogens (tertiary/aromatic N) is 3. The number of hydrogen-bond acceptors (Lipinski definition) is 3. The number of para-hydroxylation sites is 1. The summed E-state index contributed by atoms with van der Waals surface area (Å²) in [5.41, 5.74) is 3.72. The molecule has 5 heteroatoms. The first kappa shape index (κ1) is 14.4. The molecule has 1 aromatic carbocycles. The second kappa shape index (κ2) is 5.70. The van der Waals surface area contributed by atoms with Crippen LogP contribution in [-0.2, 0) is 6.42 Å². The molecule has 0 amide bonds. The van der Waals surface area contributed by atoms with Crippen molar-refractivity contribution in [2.75, 3.05) is 0 Å². The van der Waals surface area contributed by atoms with Gasteiger partial charge < -0.3 is 0 Å². The average molecular weight is 363 g/mol. The van der Waals surface area contributed by atoms with E-state index in [-0.39, 0.29) is 0 Å². The Kier molecular flexibility index (Phi) is 3.91. The zero-order chi connectivity index (χ0) is 15.0. The Morgan fingerprint density at radius 2 is 1.90 bits per heavy atom. The van der Waals surface area contributed by atoms with Gasteiger partial charge in [-0.05, 0) is 47.0 Å². The Morgan fingerprint density at radius 1 is 1.14 bits per heavy atom. The standard InChI is InChI=1S/C16H13BrClN3/c1-3-11-14(17)15(18)21-16(20-11)13-8-9(2)10-6-4-5-7-12(10)19-13/h4-8H,3H2,1-2H3. The Hall–Kier alpha value is -1.52. The second-order valence-electron chi connectivity index (χ2n) is 4.79. The van der Waals surface area contributed by atoms with Gasteiger partial charge in [-0.15, -0.1) is 0 Å². The van der Waals surface area contributed by atoms with Crippen LogP contribution in [0.2, 0.25) is 5.15 Å². The van der Waals surface area contributed by atoms with Crippen molar-refractivity contribution in [2.24, 2.45) is 0 Å². The molecule has 0 unspecified atom stereocenters. The number of pyridine rings is 1. The molecule has 0 fully saturated rings. The topological polar surface area (TPSA) is 38.7 Å². The van der Waals surface area contributed by atoms with E-state index < -0.39 is 0 Å². The maximum absolute atomic E-state index is 6.18. The number of aromatic nitrogens is 3. The average Bonchev–Trinajstić information content (AvgIpc) is 2.50. The Balaban J connectivity index is 2.23. The number of rotatable bonds is 2.